The van der Waals surface area contributed by atoms with Crippen LogP contribution in [0.3, 0.4) is 0 Å². The maximum atomic E-state index is 12.4. The third-order valence-electron chi connectivity index (χ3n) is 3.70. The molecular formula is C16H21N5O4. The molecule has 1 unspecified atom stereocenters. The molecule has 25 heavy (non-hydrogen) atoms. The van der Waals surface area contributed by atoms with E-state index < -0.39 is 17.0 Å². The summed E-state index contributed by atoms with van der Waals surface area (Å²) in [7, 11) is 3.85. The zero-order valence-corrected chi connectivity index (χ0v) is 14.6. The fourth-order valence-electron chi connectivity index (χ4n) is 2.54. The average Bonchev–Trinajstić information content (AvgIpc) is 2.53. The van der Waals surface area contributed by atoms with E-state index in [0.717, 1.165) is 11.3 Å². The summed E-state index contributed by atoms with van der Waals surface area (Å²) in [5.74, 6) is -0.515. The number of carbonyl (C=O) groups is 1. The van der Waals surface area contributed by atoms with Crippen molar-refractivity contribution in [1.82, 2.24) is 10.6 Å². The molecular weight excluding hydrogens is 326 g/mol. The summed E-state index contributed by atoms with van der Waals surface area (Å²) in [5.41, 5.74) is 2.59. The van der Waals surface area contributed by atoms with E-state index in [-0.39, 0.29) is 12.6 Å². The number of nitrogens with zero attached hydrogens (tertiary/aromatic N) is 3. The van der Waals surface area contributed by atoms with Crippen molar-refractivity contribution in [2.75, 3.05) is 25.6 Å². The highest BCUT2D eigenvalue weighted by Crippen LogP contribution is 2.28. The van der Waals surface area contributed by atoms with Crippen LogP contribution in [-0.4, -0.2) is 37.7 Å². The molecule has 0 bridgehead atoms. The number of hydrogen-bond donors (Lipinski definition) is 2. The van der Waals surface area contributed by atoms with Crippen LogP contribution in [0.1, 0.15) is 25.5 Å². The Bertz CT molecular complexity index is 725. The van der Waals surface area contributed by atoms with Crippen molar-refractivity contribution in [3.05, 3.63) is 51.2 Å². The Morgan fingerprint density at radius 3 is 2.52 bits per heavy atom. The molecule has 0 amide bonds. The van der Waals surface area contributed by atoms with E-state index in [0.29, 0.717) is 11.3 Å². The molecule has 2 rings (SSSR count). The fourth-order valence-corrected chi connectivity index (χ4v) is 2.54. The second kappa shape index (κ2) is 7.65. The number of hydrogen-bond acceptors (Lipinski definition) is 5. The molecule has 0 radical (unpaired) electrons. The van der Waals surface area contributed by atoms with Crippen LogP contribution in [0.15, 0.2) is 40.6 Å². The number of esters is 1. The number of ether oxygens (including phenoxy) is 1. The first-order valence-electron chi connectivity index (χ1n) is 7.75. The van der Waals surface area contributed by atoms with Crippen molar-refractivity contribution in [3.63, 3.8) is 0 Å². The van der Waals surface area contributed by atoms with Gasteiger partial charge < -0.3 is 20.3 Å². The normalized spacial score (nSPS) is 18.4. The van der Waals surface area contributed by atoms with Crippen molar-refractivity contribution in [1.29, 1.82) is 0 Å². The number of nitrogens with one attached hydrogen (secondary N) is 2. The first kappa shape index (κ1) is 18.2. The lowest BCUT2D eigenvalue weighted by Gasteiger charge is -2.29. The summed E-state index contributed by atoms with van der Waals surface area (Å²) in [4.78, 5) is 25.0. The smallest absolute Gasteiger partial charge is 0.338 e. The lowest BCUT2D eigenvalue weighted by molar-refractivity contribution is -0.485. The number of guanidine groups is 1. The highest BCUT2D eigenvalue weighted by atomic mass is 16.7. The number of nitro groups is 1. The third-order valence-corrected chi connectivity index (χ3v) is 3.70. The summed E-state index contributed by atoms with van der Waals surface area (Å²) >= 11 is 0. The molecule has 0 saturated carbocycles. The van der Waals surface area contributed by atoms with Gasteiger partial charge in [0.1, 0.15) is 5.10 Å². The molecule has 9 heteroatoms. The first-order chi connectivity index (χ1) is 11.8. The van der Waals surface area contributed by atoms with E-state index in [1.165, 1.54) is 0 Å². The maximum Gasteiger partial charge on any atom is 0.338 e. The minimum atomic E-state index is -0.801. The van der Waals surface area contributed by atoms with Crippen LogP contribution in [0.4, 0.5) is 5.69 Å². The van der Waals surface area contributed by atoms with Crippen molar-refractivity contribution in [2.24, 2.45) is 5.10 Å². The molecule has 1 heterocycles. The summed E-state index contributed by atoms with van der Waals surface area (Å²) in [6.07, 6.45) is 0. The Labute approximate surface area is 145 Å². The quantitative estimate of drug-likeness (QED) is 0.470. The summed E-state index contributed by atoms with van der Waals surface area (Å²) in [6, 6.07) is 6.92. The van der Waals surface area contributed by atoms with Crippen molar-refractivity contribution in [3.8, 4) is 0 Å². The van der Waals surface area contributed by atoms with Gasteiger partial charge in [-0.3, -0.25) is 0 Å². The minimum Gasteiger partial charge on any atom is -0.463 e. The van der Waals surface area contributed by atoms with Crippen molar-refractivity contribution >= 4 is 17.6 Å². The molecule has 1 aliphatic rings. The standard InChI is InChI=1S/C16H21N5O4/c1-5-25-15(22)13-10(2)17-16(19-21(23)24)18-14(13)11-6-8-12(9-7-11)20(3)4/h6-9,14H,5H2,1-4H3,(H2,17,18,19). The second-order valence-electron chi connectivity index (χ2n) is 5.63. The van der Waals surface area contributed by atoms with Gasteiger partial charge in [-0.15, -0.1) is 0 Å². The number of benzene rings is 1. The van der Waals surface area contributed by atoms with Crippen LogP contribution in [0.5, 0.6) is 0 Å². The van der Waals surface area contributed by atoms with E-state index in [2.05, 4.69) is 15.7 Å². The zero-order chi connectivity index (χ0) is 18.6. The predicted molar refractivity (Wildman–Crippen MR) is 93.5 cm³/mol. The Balaban J connectivity index is 2.46. The highest BCUT2D eigenvalue weighted by Gasteiger charge is 2.32. The molecule has 0 aliphatic carbocycles. The molecule has 2 N–H and O–H groups in total. The van der Waals surface area contributed by atoms with Gasteiger partial charge in [0.15, 0.2) is 5.03 Å². The van der Waals surface area contributed by atoms with Gasteiger partial charge in [0, 0.05) is 25.5 Å². The van der Waals surface area contributed by atoms with Gasteiger partial charge in [-0.25, -0.2) is 14.9 Å². The van der Waals surface area contributed by atoms with E-state index in [9.17, 15) is 14.9 Å². The number of anilines is 1. The average molecular weight is 347 g/mol. The molecule has 0 saturated heterocycles. The summed E-state index contributed by atoms with van der Waals surface area (Å²) in [5, 5.41) is 18.8. The van der Waals surface area contributed by atoms with Crippen LogP contribution in [0.2, 0.25) is 0 Å². The molecule has 134 valence electrons. The maximum absolute atomic E-state index is 12.4. The van der Waals surface area contributed by atoms with E-state index in [4.69, 9.17) is 4.74 Å². The van der Waals surface area contributed by atoms with Gasteiger partial charge >= 0.3 is 5.97 Å². The predicted octanol–water partition coefficient (Wildman–Crippen LogP) is 1.37. The van der Waals surface area contributed by atoms with Gasteiger partial charge in [-0.05, 0) is 31.5 Å². The van der Waals surface area contributed by atoms with Gasteiger partial charge in [0.2, 0.25) is 0 Å². The topological polar surface area (TPSA) is 109 Å². The van der Waals surface area contributed by atoms with Crippen LogP contribution in [0.25, 0.3) is 0 Å². The first-order valence-corrected chi connectivity index (χ1v) is 7.75. The SMILES string of the molecule is CCOC(=O)C1=C(C)NC(=N[N+](=O)[O-])NC1c1ccc(N(C)C)cc1. The number of carbonyl (C=O) groups excluding carboxylic acids is 1. The number of hydrazone groups is 1. The van der Waals surface area contributed by atoms with Gasteiger partial charge in [0.05, 0.1) is 18.2 Å². The fraction of sp³-hybridized carbons (Fsp3) is 0.375. The lowest BCUT2D eigenvalue weighted by atomic mass is 9.95. The summed E-state index contributed by atoms with van der Waals surface area (Å²) < 4.78 is 5.12. The Morgan fingerprint density at radius 1 is 1.36 bits per heavy atom. The largest absolute Gasteiger partial charge is 0.463 e. The molecule has 0 spiro atoms. The Morgan fingerprint density at radius 2 is 2.00 bits per heavy atom. The van der Waals surface area contributed by atoms with E-state index in [1.54, 1.807) is 13.8 Å². The molecule has 0 fully saturated rings. The van der Waals surface area contributed by atoms with E-state index >= 15 is 0 Å². The third kappa shape index (κ3) is 4.25. The Hall–Kier alpha value is -3.10. The second-order valence-corrected chi connectivity index (χ2v) is 5.63. The Kier molecular flexibility index (Phi) is 5.58. The highest BCUT2D eigenvalue weighted by molar-refractivity contribution is 5.96. The molecule has 0 aromatic heterocycles. The van der Waals surface area contributed by atoms with Crippen LogP contribution in [0, 0.1) is 10.1 Å². The molecule has 1 aromatic carbocycles. The van der Waals surface area contributed by atoms with E-state index in [1.807, 2.05) is 43.3 Å². The lowest BCUT2D eigenvalue weighted by Crippen LogP contribution is -2.46. The minimum absolute atomic E-state index is 0.0303. The van der Waals surface area contributed by atoms with Crippen LogP contribution < -0.4 is 15.5 Å². The monoisotopic (exact) mass is 347 g/mol. The summed E-state index contributed by atoms with van der Waals surface area (Å²) in [6.45, 7) is 3.61. The molecule has 1 atom stereocenters. The van der Waals surface area contributed by atoms with Gasteiger partial charge in [-0.2, -0.15) is 0 Å². The van der Waals surface area contributed by atoms with Crippen LogP contribution >= 0.6 is 0 Å². The number of rotatable bonds is 5. The van der Waals surface area contributed by atoms with Gasteiger partial charge in [0.25, 0.3) is 5.96 Å². The number of allylic oxidation sites excluding steroid dienone is 1. The molecule has 1 aliphatic heterocycles. The van der Waals surface area contributed by atoms with Crippen molar-refractivity contribution < 1.29 is 14.6 Å². The molecule has 9 nitrogen and oxygen atoms in total. The molecule has 1 aromatic rings. The van der Waals surface area contributed by atoms with Crippen molar-refractivity contribution in [2.45, 2.75) is 19.9 Å². The zero-order valence-electron chi connectivity index (χ0n) is 14.6. The van der Waals surface area contributed by atoms with Gasteiger partial charge in [-0.1, -0.05) is 12.1 Å². The van der Waals surface area contributed by atoms with Crippen LogP contribution in [-0.2, 0) is 9.53 Å².